The Kier molecular flexibility index (Phi) is 6.29. The maximum absolute atomic E-state index is 12.7. The zero-order valence-electron chi connectivity index (χ0n) is 16.1. The lowest BCUT2D eigenvalue weighted by atomic mass is 9.54. The van der Waals surface area contributed by atoms with Crippen molar-refractivity contribution in [3.63, 3.8) is 0 Å². The molecular weight excluding hydrogens is 304 g/mol. The van der Waals surface area contributed by atoms with E-state index in [2.05, 4.69) is 29.0 Å². The van der Waals surface area contributed by atoms with Crippen molar-refractivity contribution in [1.29, 1.82) is 0 Å². The smallest absolute Gasteiger partial charge is 0.240 e. The van der Waals surface area contributed by atoms with Gasteiger partial charge in [0.2, 0.25) is 5.91 Å². The third-order valence-corrected chi connectivity index (χ3v) is 6.27. The van der Waals surface area contributed by atoms with Gasteiger partial charge in [-0.3, -0.25) is 9.69 Å². The summed E-state index contributed by atoms with van der Waals surface area (Å²) in [5, 5.41) is 3.09. The molecule has 0 aromatic rings. The zero-order valence-corrected chi connectivity index (χ0v) is 16.1. The van der Waals surface area contributed by atoms with Crippen LogP contribution in [0.4, 0.5) is 0 Å². The Labute approximate surface area is 147 Å². The quantitative estimate of drug-likeness (QED) is 0.712. The Morgan fingerprint density at radius 2 is 1.92 bits per heavy atom. The van der Waals surface area contributed by atoms with Crippen LogP contribution in [0.15, 0.2) is 0 Å². The lowest BCUT2D eigenvalue weighted by Crippen LogP contribution is -2.76. The molecule has 6 nitrogen and oxygen atoms in total. The van der Waals surface area contributed by atoms with Gasteiger partial charge in [0.25, 0.3) is 0 Å². The number of nitrogens with zero attached hydrogens (tertiary/aromatic N) is 2. The van der Waals surface area contributed by atoms with Crippen LogP contribution in [0.5, 0.6) is 0 Å². The van der Waals surface area contributed by atoms with Crippen LogP contribution in [0.3, 0.4) is 0 Å². The maximum Gasteiger partial charge on any atom is 0.240 e. The van der Waals surface area contributed by atoms with Gasteiger partial charge in [0.15, 0.2) is 0 Å². The Morgan fingerprint density at radius 3 is 2.42 bits per heavy atom. The molecule has 24 heavy (non-hydrogen) atoms. The zero-order chi connectivity index (χ0) is 18.0. The predicted molar refractivity (Wildman–Crippen MR) is 96.9 cm³/mol. The normalized spacial score (nSPS) is 32.2. The number of likely N-dealkylation sites (N-methyl/N-ethyl adjacent to an activating group) is 1. The van der Waals surface area contributed by atoms with Gasteiger partial charge in [-0.05, 0) is 20.4 Å². The van der Waals surface area contributed by atoms with Crippen LogP contribution in [-0.4, -0.2) is 79.3 Å². The van der Waals surface area contributed by atoms with Gasteiger partial charge in [-0.2, -0.15) is 0 Å². The largest absolute Gasteiger partial charge is 0.378 e. The fraction of sp³-hybridized carbons (Fsp3) is 0.944. The predicted octanol–water partition coefficient (Wildman–Crippen LogP) is 0.661. The Hall–Kier alpha value is -0.690. The molecule has 6 heteroatoms. The van der Waals surface area contributed by atoms with Crippen molar-refractivity contribution in [1.82, 2.24) is 15.1 Å². The van der Waals surface area contributed by atoms with E-state index in [1.54, 1.807) is 0 Å². The summed E-state index contributed by atoms with van der Waals surface area (Å²) >= 11 is 0. The fourth-order valence-corrected chi connectivity index (χ4v) is 3.87. The van der Waals surface area contributed by atoms with Crippen LogP contribution >= 0.6 is 0 Å². The van der Waals surface area contributed by atoms with Crippen molar-refractivity contribution in [3.8, 4) is 0 Å². The molecule has 0 bridgehead atoms. The monoisotopic (exact) mass is 340 g/mol. The number of rotatable bonds is 7. The average Bonchev–Trinajstić information content (AvgIpc) is 2.58. The first-order chi connectivity index (χ1) is 11.3. The molecule has 2 rings (SSSR count). The molecule has 0 aromatic heterocycles. The first-order valence-corrected chi connectivity index (χ1v) is 9.41. The molecule has 0 aromatic carbocycles. The number of piperazine rings is 1. The highest BCUT2D eigenvalue weighted by Crippen LogP contribution is 2.49. The van der Waals surface area contributed by atoms with Gasteiger partial charge in [0, 0.05) is 57.2 Å². The molecule has 1 saturated carbocycles. The van der Waals surface area contributed by atoms with Gasteiger partial charge in [-0.25, -0.2) is 0 Å². The molecule has 1 amide bonds. The van der Waals surface area contributed by atoms with Gasteiger partial charge >= 0.3 is 0 Å². The molecule has 3 atom stereocenters. The highest BCUT2D eigenvalue weighted by Gasteiger charge is 2.62. The molecule has 1 aliphatic carbocycles. The molecule has 0 radical (unpaired) electrons. The van der Waals surface area contributed by atoms with Crippen LogP contribution in [0.25, 0.3) is 0 Å². The van der Waals surface area contributed by atoms with E-state index in [0.29, 0.717) is 25.6 Å². The maximum atomic E-state index is 12.7. The summed E-state index contributed by atoms with van der Waals surface area (Å²) in [7, 11) is 0. The lowest BCUT2D eigenvalue weighted by Gasteiger charge is -2.57. The molecular formula is C18H36N4O2. The van der Waals surface area contributed by atoms with Crippen LogP contribution in [0.1, 0.15) is 41.0 Å². The second-order valence-corrected chi connectivity index (χ2v) is 7.87. The Morgan fingerprint density at radius 1 is 1.29 bits per heavy atom. The van der Waals surface area contributed by atoms with E-state index in [0.717, 1.165) is 32.7 Å². The number of nitrogens with one attached hydrogen (secondary N) is 1. The van der Waals surface area contributed by atoms with Crippen LogP contribution in [-0.2, 0) is 9.53 Å². The number of carbonyl (C=O) groups is 1. The van der Waals surface area contributed by atoms with Gasteiger partial charge in [-0.1, -0.05) is 20.8 Å². The molecule has 2 aliphatic rings. The Bertz CT molecular complexity index is 435. The van der Waals surface area contributed by atoms with E-state index in [4.69, 9.17) is 10.5 Å². The number of amides is 1. The second kappa shape index (κ2) is 7.68. The van der Waals surface area contributed by atoms with Gasteiger partial charge in [-0.15, -0.1) is 0 Å². The van der Waals surface area contributed by atoms with E-state index in [9.17, 15) is 4.79 Å². The minimum atomic E-state index is -0.826. The van der Waals surface area contributed by atoms with Crippen molar-refractivity contribution >= 4 is 5.91 Å². The second-order valence-electron chi connectivity index (χ2n) is 7.87. The summed E-state index contributed by atoms with van der Waals surface area (Å²) in [4.78, 5) is 17.6. The highest BCUT2D eigenvalue weighted by molar-refractivity contribution is 5.88. The molecule has 3 unspecified atom stereocenters. The molecule has 140 valence electrons. The minimum absolute atomic E-state index is 0.0394. The van der Waals surface area contributed by atoms with E-state index < -0.39 is 5.54 Å². The standard InChI is InChI=1S/C18H36N4O2/c1-6-21-8-10-22(11-9-21)14(3)13-20-16(23)18(19)12-15(24-7-2)17(18,4)5/h14-15H,6-13,19H2,1-5H3,(H,20,23). The topological polar surface area (TPSA) is 70.8 Å². The molecule has 1 aliphatic heterocycles. The number of hydrogen-bond donors (Lipinski definition) is 2. The van der Waals surface area contributed by atoms with Crippen molar-refractivity contribution < 1.29 is 9.53 Å². The van der Waals surface area contributed by atoms with Gasteiger partial charge in [0.05, 0.1) is 6.10 Å². The molecule has 3 N–H and O–H groups in total. The number of ether oxygens (including phenoxy) is 1. The van der Waals surface area contributed by atoms with Gasteiger partial charge in [0.1, 0.15) is 5.54 Å². The Balaban J connectivity index is 1.81. The summed E-state index contributed by atoms with van der Waals surface area (Å²) in [5.74, 6) is -0.0394. The minimum Gasteiger partial charge on any atom is -0.378 e. The summed E-state index contributed by atoms with van der Waals surface area (Å²) in [5.41, 5.74) is 5.28. The SMILES string of the molecule is CCOC1CC(N)(C(=O)NCC(C)N2CCN(CC)CC2)C1(C)C. The van der Waals surface area contributed by atoms with E-state index in [1.807, 2.05) is 20.8 Å². The number of carbonyl (C=O) groups excluding carboxylic acids is 1. The summed E-state index contributed by atoms with van der Waals surface area (Å²) in [6.45, 7) is 17.2. The first-order valence-electron chi connectivity index (χ1n) is 9.41. The van der Waals surface area contributed by atoms with Crippen molar-refractivity contribution in [3.05, 3.63) is 0 Å². The lowest BCUT2D eigenvalue weighted by molar-refractivity contribution is -0.170. The summed E-state index contributed by atoms with van der Waals surface area (Å²) < 4.78 is 5.71. The van der Waals surface area contributed by atoms with Gasteiger partial charge < -0.3 is 20.7 Å². The van der Waals surface area contributed by atoms with Crippen molar-refractivity contribution in [2.24, 2.45) is 11.1 Å². The molecule has 2 fully saturated rings. The van der Waals surface area contributed by atoms with E-state index in [1.165, 1.54) is 0 Å². The van der Waals surface area contributed by atoms with Crippen LogP contribution in [0, 0.1) is 5.41 Å². The number of hydrogen-bond acceptors (Lipinski definition) is 5. The number of nitrogens with two attached hydrogens (primary N) is 1. The average molecular weight is 341 g/mol. The highest BCUT2D eigenvalue weighted by atomic mass is 16.5. The third-order valence-electron chi connectivity index (χ3n) is 6.27. The molecule has 0 spiro atoms. The summed E-state index contributed by atoms with van der Waals surface area (Å²) in [6.07, 6.45) is 0.668. The van der Waals surface area contributed by atoms with Crippen LogP contribution < -0.4 is 11.1 Å². The molecule has 1 saturated heterocycles. The van der Waals surface area contributed by atoms with E-state index in [-0.39, 0.29) is 17.4 Å². The van der Waals surface area contributed by atoms with Crippen molar-refractivity contribution in [2.45, 2.75) is 58.7 Å². The third kappa shape index (κ3) is 3.62. The summed E-state index contributed by atoms with van der Waals surface area (Å²) in [6, 6.07) is 0.336. The van der Waals surface area contributed by atoms with Crippen molar-refractivity contribution in [2.75, 3.05) is 45.9 Å². The fourth-order valence-electron chi connectivity index (χ4n) is 3.87. The molecule has 1 heterocycles. The first kappa shape index (κ1) is 19.6. The van der Waals surface area contributed by atoms with Crippen LogP contribution in [0.2, 0.25) is 0 Å². The van der Waals surface area contributed by atoms with E-state index >= 15 is 0 Å².